The first-order chi connectivity index (χ1) is 11.8. The summed E-state index contributed by atoms with van der Waals surface area (Å²) >= 11 is 0. The molecule has 3 nitrogen and oxygen atoms in total. The highest BCUT2D eigenvalue weighted by molar-refractivity contribution is 5.90. The molecule has 1 amide bonds. The Morgan fingerprint density at radius 3 is 2.25 bits per heavy atom. The third-order valence-electron chi connectivity index (χ3n) is 5.61. The number of carbonyl (C=O) groups excluding carboxylic acids is 1. The molecule has 0 atom stereocenters. The fraction of sp³-hybridized carbons (Fsp3) is 0.667. The molecule has 2 aliphatic rings. The van der Waals surface area contributed by atoms with Crippen LogP contribution in [0.4, 0.5) is 5.69 Å². The zero-order valence-electron chi connectivity index (χ0n) is 14.8. The molecule has 0 bridgehead atoms. The molecule has 0 saturated heterocycles. The highest BCUT2D eigenvalue weighted by Crippen LogP contribution is 2.28. The molecule has 1 aromatic rings. The summed E-state index contributed by atoms with van der Waals surface area (Å²) in [6.07, 6.45) is 13.7. The Hall–Kier alpha value is -1.51. The third kappa shape index (κ3) is 5.54. The lowest BCUT2D eigenvalue weighted by atomic mass is 9.87. The molecule has 3 heteroatoms. The fourth-order valence-electron chi connectivity index (χ4n) is 4.14. The van der Waals surface area contributed by atoms with E-state index in [1.165, 1.54) is 64.2 Å². The molecular weight excluding hydrogens is 298 g/mol. The Bertz CT molecular complexity index is 499. The summed E-state index contributed by atoms with van der Waals surface area (Å²) in [4.78, 5) is 12.1. The Labute approximate surface area is 146 Å². The van der Waals surface area contributed by atoms with Gasteiger partial charge in [0.25, 0.3) is 0 Å². The van der Waals surface area contributed by atoms with Crippen molar-refractivity contribution in [2.75, 3.05) is 11.9 Å². The van der Waals surface area contributed by atoms with Gasteiger partial charge in [-0.2, -0.15) is 0 Å². The molecule has 0 radical (unpaired) electrons. The van der Waals surface area contributed by atoms with Crippen LogP contribution in [-0.2, 0) is 4.79 Å². The minimum Gasteiger partial charge on any atom is -0.494 e. The van der Waals surface area contributed by atoms with Crippen LogP contribution in [0.2, 0.25) is 0 Å². The predicted molar refractivity (Wildman–Crippen MR) is 98.3 cm³/mol. The molecule has 2 saturated carbocycles. The minimum absolute atomic E-state index is 0.146. The van der Waals surface area contributed by atoms with Crippen LogP contribution >= 0.6 is 0 Å². The molecule has 24 heavy (non-hydrogen) atoms. The van der Waals surface area contributed by atoms with E-state index in [1.807, 2.05) is 24.3 Å². The number of rotatable bonds is 7. The third-order valence-corrected chi connectivity index (χ3v) is 5.61. The number of hydrogen-bond donors (Lipinski definition) is 1. The highest BCUT2D eigenvalue weighted by Gasteiger charge is 2.18. The monoisotopic (exact) mass is 329 g/mol. The Balaban J connectivity index is 1.37. The lowest BCUT2D eigenvalue weighted by Crippen LogP contribution is -2.15. The summed E-state index contributed by atoms with van der Waals surface area (Å²) in [7, 11) is 0. The number of hydrogen-bond acceptors (Lipinski definition) is 2. The summed E-state index contributed by atoms with van der Waals surface area (Å²) in [6.45, 7) is 0.804. The van der Waals surface area contributed by atoms with E-state index in [2.05, 4.69) is 5.32 Å². The van der Waals surface area contributed by atoms with Crippen LogP contribution < -0.4 is 10.1 Å². The van der Waals surface area contributed by atoms with Gasteiger partial charge in [0.2, 0.25) is 5.91 Å². The van der Waals surface area contributed by atoms with Gasteiger partial charge in [0, 0.05) is 12.1 Å². The van der Waals surface area contributed by atoms with Crippen LogP contribution in [0.25, 0.3) is 0 Å². The SMILES string of the molecule is O=C(CC1CCCC1)Nc1ccc(OCCC2CCCCC2)cc1. The molecule has 1 N–H and O–H groups in total. The average Bonchev–Trinajstić information content (AvgIpc) is 3.10. The normalized spacial score (nSPS) is 19.3. The standard InChI is InChI=1S/C21H31NO2/c23-21(16-18-8-4-5-9-18)22-19-10-12-20(13-11-19)24-15-14-17-6-2-1-3-7-17/h10-13,17-18H,1-9,14-16H2,(H,22,23). The molecule has 0 spiro atoms. The summed E-state index contributed by atoms with van der Waals surface area (Å²) < 4.78 is 5.86. The molecule has 3 rings (SSSR count). The van der Waals surface area contributed by atoms with Crippen LogP contribution in [0.15, 0.2) is 24.3 Å². The first-order valence-corrected chi connectivity index (χ1v) is 9.82. The number of nitrogens with one attached hydrogen (secondary N) is 1. The van der Waals surface area contributed by atoms with Crippen LogP contribution in [0.3, 0.4) is 0 Å². The van der Waals surface area contributed by atoms with Crippen molar-refractivity contribution < 1.29 is 9.53 Å². The molecule has 0 unspecified atom stereocenters. The minimum atomic E-state index is 0.146. The number of ether oxygens (including phenoxy) is 1. The van der Waals surface area contributed by atoms with Crippen molar-refractivity contribution >= 4 is 11.6 Å². The van der Waals surface area contributed by atoms with Crippen molar-refractivity contribution in [1.82, 2.24) is 0 Å². The van der Waals surface area contributed by atoms with E-state index in [9.17, 15) is 4.79 Å². The van der Waals surface area contributed by atoms with E-state index in [0.29, 0.717) is 12.3 Å². The topological polar surface area (TPSA) is 38.3 Å². The van der Waals surface area contributed by atoms with Gasteiger partial charge in [-0.1, -0.05) is 44.9 Å². The summed E-state index contributed by atoms with van der Waals surface area (Å²) in [5.41, 5.74) is 0.873. The molecule has 132 valence electrons. The van der Waals surface area contributed by atoms with Gasteiger partial charge in [0.15, 0.2) is 0 Å². The van der Waals surface area contributed by atoms with E-state index >= 15 is 0 Å². The van der Waals surface area contributed by atoms with Crippen LogP contribution in [0.5, 0.6) is 5.75 Å². The van der Waals surface area contributed by atoms with Crippen LogP contribution in [-0.4, -0.2) is 12.5 Å². The largest absolute Gasteiger partial charge is 0.494 e. The van der Waals surface area contributed by atoms with Crippen LogP contribution in [0, 0.1) is 11.8 Å². The first kappa shape index (κ1) is 17.3. The maximum absolute atomic E-state index is 12.1. The second kappa shape index (κ2) is 9.10. The zero-order chi connectivity index (χ0) is 16.6. The molecule has 0 aliphatic heterocycles. The molecular formula is C21H31NO2. The predicted octanol–water partition coefficient (Wildman–Crippen LogP) is 5.55. The number of benzene rings is 1. The van der Waals surface area contributed by atoms with Crippen LogP contribution in [0.1, 0.15) is 70.6 Å². The van der Waals surface area contributed by atoms with Gasteiger partial charge in [-0.3, -0.25) is 4.79 Å². The average molecular weight is 329 g/mol. The fourth-order valence-corrected chi connectivity index (χ4v) is 4.14. The lowest BCUT2D eigenvalue weighted by molar-refractivity contribution is -0.117. The highest BCUT2D eigenvalue weighted by atomic mass is 16.5. The Morgan fingerprint density at radius 2 is 1.54 bits per heavy atom. The number of anilines is 1. The number of carbonyl (C=O) groups is 1. The smallest absolute Gasteiger partial charge is 0.224 e. The van der Waals surface area contributed by atoms with Gasteiger partial charge < -0.3 is 10.1 Å². The van der Waals surface area contributed by atoms with E-state index in [0.717, 1.165) is 24.0 Å². The van der Waals surface area contributed by atoms with Crippen molar-refractivity contribution in [2.45, 2.75) is 70.6 Å². The maximum atomic E-state index is 12.1. The van der Waals surface area contributed by atoms with E-state index in [1.54, 1.807) is 0 Å². The molecule has 0 heterocycles. The van der Waals surface area contributed by atoms with Gasteiger partial charge in [-0.05, 0) is 55.4 Å². The first-order valence-electron chi connectivity index (χ1n) is 9.82. The van der Waals surface area contributed by atoms with Gasteiger partial charge >= 0.3 is 0 Å². The van der Waals surface area contributed by atoms with Gasteiger partial charge in [0.1, 0.15) is 5.75 Å². The Kier molecular flexibility index (Phi) is 6.57. The molecule has 0 aromatic heterocycles. The van der Waals surface area contributed by atoms with Crippen molar-refractivity contribution in [1.29, 1.82) is 0 Å². The van der Waals surface area contributed by atoms with E-state index in [4.69, 9.17) is 4.74 Å². The van der Waals surface area contributed by atoms with E-state index < -0.39 is 0 Å². The molecule has 2 aliphatic carbocycles. The number of amides is 1. The lowest BCUT2D eigenvalue weighted by Gasteiger charge is -2.21. The van der Waals surface area contributed by atoms with Gasteiger partial charge in [-0.15, -0.1) is 0 Å². The van der Waals surface area contributed by atoms with Gasteiger partial charge in [-0.25, -0.2) is 0 Å². The van der Waals surface area contributed by atoms with Crippen molar-refractivity contribution in [3.8, 4) is 5.75 Å². The van der Waals surface area contributed by atoms with E-state index in [-0.39, 0.29) is 5.91 Å². The molecule has 1 aromatic carbocycles. The Morgan fingerprint density at radius 1 is 0.917 bits per heavy atom. The maximum Gasteiger partial charge on any atom is 0.224 e. The van der Waals surface area contributed by atoms with Crippen molar-refractivity contribution in [3.05, 3.63) is 24.3 Å². The second-order valence-corrected chi connectivity index (χ2v) is 7.57. The van der Waals surface area contributed by atoms with Gasteiger partial charge in [0.05, 0.1) is 6.61 Å². The summed E-state index contributed by atoms with van der Waals surface area (Å²) in [5.74, 6) is 2.49. The quantitative estimate of drug-likeness (QED) is 0.711. The summed E-state index contributed by atoms with van der Waals surface area (Å²) in [5, 5.41) is 3.01. The van der Waals surface area contributed by atoms with Crippen molar-refractivity contribution in [3.63, 3.8) is 0 Å². The molecule has 2 fully saturated rings. The van der Waals surface area contributed by atoms with Crippen molar-refractivity contribution in [2.24, 2.45) is 11.8 Å². The zero-order valence-corrected chi connectivity index (χ0v) is 14.8. The summed E-state index contributed by atoms with van der Waals surface area (Å²) in [6, 6.07) is 7.82. The second-order valence-electron chi connectivity index (χ2n) is 7.57.